The molecule has 0 aliphatic heterocycles. The van der Waals surface area contributed by atoms with Crippen LogP contribution in [0.15, 0.2) is 12.4 Å². The van der Waals surface area contributed by atoms with Gasteiger partial charge in [0.1, 0.15) is 12.6 Å². The number of rotatable bonds is 5. The number of hydrogen-bond acceptors (Lipinski definition) is 5. The molecule has 3 N–H and O–H groups in total. The largest absolute Gasteiger partial charge is 0.467 e. The predicted octanol–water partition coefficient (Wildman–Crippen LogP) is -0.221. The van der Waals surface area contributed by atoms with Gasteiger partial charge in [-0.25, -0.2) is 4.79 Å². The van der Waals surface area contributed by atoms with Gasteiger partial charge in [-0.05, 0) is 5.92 Å². The van der Waals surface area contributed by atoms with Crippen LogP contribution in [0.4, 0.5) is 5.69 Å². The van der Waals surface area contributed by atoms with Crippen LogP contribution in [0.2, 0.25) is 0 Å². The minimum atomic E-state index is -0.657. The molecule has 0 aliphatic carbocycles. The molecular formula is C11H18N4O3. The minimum Gasteiger partial charge on any atom is -0.467 e. The molecule has 0 saturated heterocycles. The molecule has 0 spiro atoms. The molecule has 0 radical (unpaired) electrons. The van der Waals surface area contributed by atoms with E-state index in [-0.39, 0.29) is 18.4 Å². The molecule has 1 aromatic rings. The van der Waals surface area contributed by atoms with Gasteiger partial charge in [-0.1, -0.05) is 13.8 Å². The fourth-order valence-electron chi connectivity index (χ4n) is 1.46. The molecular weight excluding hydrogens is 236 g/mol. The lowest BCUT2D eigenvalue weighted by atomic mass is 10.0. The summed E-state index contributed by atoms with van der Waals surface area (Å²) in [6, 6.07) is -0.657. The topological polar surface area (TPSA) is 99.2 Å². The second-order valence-electron chi connectivity index (χ2n) is 4.28. The lowest BCUT2D eigenvalue weighted by molar-refractivity contribution is -0.146. The lowest BCUT2D eigenvalue weighted by Gasteiger charge is -2.19. The van der Waals surface area contributed by atoms with E-state index in [0.717, 1.165) is 0 Å². The summed E-state index contributed by atoms with van der Waals surface area (Å²) >= 11 is 0. The average Bonchev–Trinajstić information content (AvgIpc) is 2.70. The van der Waals surface area contributed by atoms with Gasteiger partial charge in [0.25, 0.3) is 0 Å². The van der Waals surface area contributed by atoms with E-state index >= 15 is 0 Å². The summed E-state index contributed by atoms with van der Waals surface area (Å²) in [6.07, 6.45) is 3.00. The maximum Gasteiger partial charge on any atom is 0.328 e. The first kappa shape index (κ1) is 14.0. The number of ether oxygens (including phenoxy) is 1. The van der Waals surface area contributed by atoms with Crippen LogP contribution in [0, 0.1) is 5.92 Å². The van der Waals surface area contributed by atoms with Crippen LogP contribution in [0.1, 0.15) is 13.8 Å². The van der Waals surface area contributed by atoms with Crippen LogP contribution in [-0.4, -0.2) is 34.8 Å². The molecule has 1 heterocycles. The van der Waals surface area contributed by atoms with Gasteiger partial charge in [0.2, 0.25) is 5.91 Å². The van der Waals surface area contributed by atoms with E-state index in [1.165, 1.54) is 18.0 Å². The van der Waals surface area contributed by atoms with Crippen molar-refractivity contribution >= 4 is 17.6 Å². The van der Waals surface area contributed by atoms with E-state index in [1.807, 2.05) is 13.8 Å². The van der Waals surface area contributed by atoms with Gasteiger partial charge in [-0.3, -0.25) is 9.48 Å². The van der Waals surface area contributed by atoms with Crippen molar-refractivity contribution in [2.75, 3.05) is 12.8 Å². The van der Waals surface area contributed by atoms with Crippen LogP contribution in [-0.2, 0) is 20.9 Å². The first-order valence-electron chi connectivity index (χ1n) is 5.59. The van der Waals surface area contributed by atoms with E-state index in [0.29, 0.717) is 5.69 Å². The Morgan fingerprint density at radius 3 is 2.67 bits per heavy atom. The van der Waals surface area contributed by atoms with Crippen LogP contribution >= 0.6 is 0 Å². The minimum absolute atomic E-state index is 0.0113. The van der Waals surface area contributed by atoms with E-state index < -0.39 is 12.0 Å². The highest BCUT2D eigenvalue weighted by molar-refractivity contribution is 5.84. The zero-order chi connectivity index (χ0) is 13.7. The van der Waals surface area contributed by atoms with Crippen molar-refractivity contribution in [3.63, 3.8) is 0 Å². The van der Waals surface area contributed by atoms with E-state index in [2.05, 4.69) is 15.2 Å². The smallest absolute Gasteiger partial charge is 0.328 e. The molecule has 0 aromatic carbocycles. The van der Waals surface area contributed by atoms with Crippen molar-refractivity contribution in [1.29, 1.82) is 0 Å². The number of nitrogen functional groups attached to an aromatic ring is 1. The van der Waals surface area contributed by atoms with E-state index in [1.54, 1.807) is 6.20 Å². The van der Waals surface area contributed by atoms with Gasteiger partial charge in [0.15, 0.2) is 0 Å². The molecule has 7 heteroatoms. The molecule has 1 aromatic heterocycles. The van der Waals surface area contributed by atoms with Crippen LogP contribution < -0.4 is 11.1 Å². The van der Waals surface area contributed by atoms with Gasteiger partial charge in [-0.2, -0.15) is 5.10 Å². The van der Waals surface area contributed by atoms with Crippen LogP contribution in [0.5, 0.6) is 0 Å². The molecule has 100 valence electrons. The molecule has 0 fully saturated rings. The molecule has 0 saturated carbocycles. The zero-order valence-electron chi connectivity index (χ0n) is 10.7. The number of nitrogens with one attached hydrogen (secondary N) is 1. The number of nitrogens with zero attached hydrogens (tertiary/aromatic N) is 2. The maximum atomic E-state index is 11.7. The number of anilines is 1. The Morgan fingerprint density at radius 2 is 2.22 bits per heavy atom. The number of methoxy groups -OCH3 is 1. The molecule has 1 unspecified atom stereocenters. The van der Waals surface area contributed by atoms with Crippen molar-refractivity contribution in [2.45, 2.75) is 26.4 Å². The lowest BCUT2D eigenvalue weighted by Crippen LogP contribution is -2.46. The third-order valence-electron chi connectivity index (χ3n) is 2.40. The van der Waals surface area contributed by atoms with Crippen LogP contribution in [0.3, 0.4) is 0 Å². The van der Waals surface area contributed by atoms with Gasteiger partial charge < -0.3 is 15.8 Å². The number of carbonyl (C=O) groups is 2. The second-order valence-corrected chi connectivity index (χ2v) is 4.28. The molecule has 7 nitrogen and oxygen atoms in total. The summed E-state index contributed by atoms with van der Waals surface area (Å²) in [6.45, 7) is 3.67. The molecule has 0 bridgehead atoms. The summed E-state index contributed by atoms with van der Waals surface area (Å²) in [5, 5.41) is 6.50. The summed E-state index contributed by atoms with van der Waals surface area (Å²) in [5.41, 5.74) is 5.97. The zero-order valence-corrected chi connectivity index (χ0v) is 10.7. The monoisotopic (exact) mass is 254 g/mol. The van der Waals surface area contributed by atoms with Crippen molar-refractivity contribution in [3.05, 3.63) is 12.4 Å². The second kappa shape index (κ2) is 6.04. The van der Waals surface area contributed by atoms with Gasteiger partial charge >= 0.3 is 5.97 Å². The van der Waals surface area contributed by atoms with Crippen molar-refractivity contribution < 1.29 is 14.3 Å². The van der Waals surface area contributed by atoms with Crippen molar-refractivity contribution in [1.82, 2.24) is 15.1 Å². The van der Waals surface area contributed by atoms with Gasteiger partial charge in [-0.15, -0.1) is 0 Å². The Hall–Kier alpha value is -2.05. The Kier molecular flexibility index (Phi) is 4.70. The quantitative estimate of drug-likeness (QED) is 0.708. The summed E-state index contributed by atoms with van der Waals surface area (Å²) in [5.74, 6) is -0.829. The number of hydrogen-bond donors (Lipinski definition) is 2. The first-order chi connectivity index (χ1) is 8.43. The van der Waals surface area contributed by atoms with Gasteiger partial charge in [0.05, 0.1) is 19.0 Å². The molecule has 1 amide bonds. The van der Waals surface area contributed by atoms with Gasteiger partial charge in [0, 0.05) is 6.20 Å². The third-order valence-corrected chi connectivity index (χ3v) is 2.40. The Bertz CT molecular complexity index is 428. The fourth-order valence-corrected chi connectivity index (χ4v) is 1.46. The maximum absolute atomic E-state index is 11.7. The van der Waals surface area contributed by atoms with Crippen molar-refractivity contribution in [3.8, 4) is 0 Å². The number of amides is 1. The summed E-state index contributed by atoms with van der Waals surface area (Å²) in [4.78, 5) is 23.2. The SMILES string of the molecule is COC(=O)C(NC(=O)Cn1cc(N)cn1)C(C)C. The predicted molar refractivity (Wildman–Crippen MR) is 65.4 cm³/mol. The van der Waals surface area contributed by atoms with Crippen molar-refractivity contribution in [2.24, 2.45) is 5.92 Å². The Morgan fingerprint density at radius 1 is 1.56 bits per heavy atom. The molecule has 1 atom stereocenters. The van der Waals surface area contributed by atoms with E-state index in [4.69, 9.17) is 5.73 Å². The highest BCUT2D eigenvalue weighted by Crippen LogP contribution is 2.04. The molecule has 1 rings (SSSR count). The highest BCUT2D eigenvalue weighted by Gasteiger charge is 2.24. The summed E-state index contributed by atoms with van der Waals surface area (Å²) in [7, 11) is 1.29. The van der Waals surface area contributed by atoms with Crippen LogP contribution in [0.25, 0.3) is 0 Å². The fraction of sp³-hybridized carbons (Fsp3) is 0.545. The standard InChI is InChI=1S/C11H18N4O3/c1-7(2)10(11(17)18-3)14-9(16)6-15-5-8(12)4-13-15/h4-5,7,10H,6,12H2,1-3H3,(H,14,16). The number of carbonyl (C=O) groups excluding carboxylic acids is 2. The normalized spacial score (nSPS) is 12.2. The average molecular weight is 254 g/mol. The Labute approximate surface area is 105 Å². The first-order valence-corrected chi connectivity index (χ1v) is 5.59. The summed E-state index contributed by atoms with van der Waals surface area (Å²) < 4.78 is 6.03. The number of esters is 1. The molecule has 0 aliphatic rings. The van der Waals surface area contributed by atoms with E-state index in [9.17, 15) is 9.59 Å². The number of nitrogens with two attached hydrogens (primary N) is 1. The number of aromatic nitrogens is 2. The Balaban J connectivity index is 2.59. The highest BCUT2D eigenvalue weighted by atomic mass is 16.5. The molecule has 18 heavy (non-hydrogen) atoms. The third kappa shape index (κ3) is 3.76.